The number of esters is 1. The van der Waals surface area contributed by atoms with E-state index in [9.17, 15) is 9.90 Å². The molecule has 1 saturated carbocycles. The van der Waals surface area contributed by atoms with Crippen molar-refractivity contribution in [1.29, 1.82) is 0 Å². The van der Waals surface area contributed by atoms with Crippen LogP contribution in [0.1, 0.15) is 57.0 Å². The summed E-state index contributed by atoms with van der Waals surface area (Å²) in [7, 11) is 0. The number of aryl methyl sites for hydroxylation is 1. The van der Waals surface area contributed by atoms with E-state index < -0.39 is 11.2 Å². The quantitative estimate of drug-likeness (QED) is 0.600. The Kier molecular flexibility index (Phi) is 5.32. The van der Waals surface area contributed by atoms with Gasteiger partial charge in [0.1, 0.15) is 16.2 Å². The SMILES string of the molecule is Cc1cc(N)cc(-c2cnc([C@]3(O)CC[C@H](C(=O)OC(C)(C)C)CC3)s2)c1. The highest BCUT2D eigenvalue weighted by atomic mass is 32.1. The van der Waals surface area contributed by atoms with Gasteiger partial charge in [0.15, 0.2) is 0 Å². The number of nitrogens with two attached hydrogens (primary N) is 1. The van der Waals surface area contributed by atoms with Crippen molar-refractivity contribution in [2.75, 3.05) is 5.73 Å². The van der Waals surface area contributed by atoms with Gasteiger partial charge in [-0.2, -0.15) is 0 Å². The topological polar surface area (TPSA) is 85.4 Å². The Balaban J connectivity index is 1.71. The number of hydrogen-bond donors (Lipinski definition) is 2. The summed E-state index contributed by atoms with van der Waals surface area (Å²) in [6.45, 7) is 7.63. The van der Waals surface area contributed by atoms with Crippen LogP contribution in [0.3, 0.4) is 0 Å². The molecule has 6 heteroatoms. The highest BCUT2D eigenvalue weighted by Crippen LogP contribution is 2.43. The monoisotopic (exact) mass is 388 g/mol. The van der Waals surface area contributed by atoms with Gasteiger partial charge < -0.3 is 15.6 Å². The molecule has 1 aromatic carbocycles. The molecular weight excluding hydrogens is 360 g/mol. The molecule has 3 N–H and O–H groups in total. The lowest BCUT2D eigenvalue weighted by atomic mass is 9.79. The van der Waals surface area contributed by atoms with Gasteiger partial charge in [-0.05, 0) is 76.6 Å². The Labute approximate surface area is 164 Å². The highest BCUT2D eigenvalue weighted by molar-refractivity contribution is 7.15. The zero-order valence-electron chi connectivity index (χ0n) is 16.4. The number of aromatic nitrogens is 1. The number of anilines is 1. The molecule has 0 radical (unpaired) electrons. The van der Waals surface area contributed by atoms with Crippen LogP contribution in [0, 0.1) is 12.8 Å². The zero-order valence-corrected chi connectivity index (χ0v) is 17.2. The number of ether oxygens (including phenoxy) is 1. The Hall–Kier alpha value is -1.92. The molecule has 1 aromatic heterocycles. The number of nitrogens with zero attached hydrogens (tertiary/aromatic N) is 1. The molecule has 0 atom stereocenters. The summed E-state index contributed by atoms with van der Waals surface area (Å²) >= 11 is 1.50. The second-order valence-electron chi connectivity index (χ2n) is 8.50. The normalized spacial score (nSPS) is 23.2. The van der Waals surface area contributed by atoms with Crippen molar-refractivity contribution >= 4 is 23.0 Å². The number of carbonyl (C=O) groups is 1. The van der Waals surface area contributed by atoms with Crippen molar-refractivity contribution < 1.29 is 14.6 Å². The lowest BCUT2D eigenvalue weighted by molar-refractivity contribution is -0.163. The van der Waals surface area contributed by atoms with Crippen molar-refractivity contribution in [1.82, 2.24) is 4.98 Å². The molecule has 1 aliphatic rings. The van der Waals surface area contributed by atoms with E-state index >= 15 is 0 Å². The fourth-order valence-electron chi connectivity index (χ4n) is 3.51. The zero-order chi connectivity index (χ0) is 19.8. The van der Waals surface area contributed by atoms with E-state index in [-0.39, 0.29) is 11.9 Å². The standard InChI is InChI=1S/C21H28N2O3S/c1-13-9-15(11-16(22)10-13)17-12-23-19(27-17)21(25)7-5-14(6-8-21)18(24)26-20(2,3)4/h9-12,14,25H,5-8,22H2,1-4H3/t14-,21-. The van der Waals surface area contributed by atoms with Crippen molar-refractivity contribution in [3.63, 3.8) is 0 Å². The molecule has 1 aliphatic carbocycles. The van der Waals surface area contributed by atoms with Crippen LogP contribution in [-0.4, -0.2) is 21.7 Å². The average Bonchev–Trinajstić information content (AvgIpc) is 3.03. The Morgan fingerprint density at radius 3 is 2.56 bits per heavy atom. The van der Waals surface area contributed by atoms with Gasteiger partial charge in [-0.3, -0.25) is 4.79 Å². The van der Waals surface area contributed by atoms with Crippen molar-refractivity contribution in [3.8, 4) is 10.4 Å². The van der Waals surface area contributed by atoms with E-state index in [4.69, 9.17) is 10.5 Å². The number of carbonyl (C=O) groups excluding carboxylic acids is 1. The smallest absolute Gasteiger partial charge is 0.309 e. The summed E-state index contributed by atoms with van der Waals surface area (Å²) in [5.74, 6) is -0.319. The molecular formula is C21H28N2O3S. The van der Waals surface area contributed by atoms with Crippen LogP contribution in [0.2, 0.25) is 0 Å². The third-order valence-electron chi connectivity index (χ3n) is 4.84. The number of benzene rings is 1. The molecule has 3 rings (SSSR count). The molecule has 1 heterocycles. The van der Waals surface area contributed by atoms with Crippen LogP contribution in [-0.2, 0) is 15.1 Å². The summed E-state index contributed by atoms with van der Waals surface area (Å²) in [6.07, 6.45) is 4.04. The van der Waals surface area contributed by atoms with E-state index in [2.05, 4.69) is 11.1 Å². The maximum absolute atomic E-state index is 12.3. The minimum Gasteiger partial charge on any atom is -0.460 e. The second kappa shape index (κ2) is 7.24. The molecule has 0 aliphatic heterocycles. The molecule has 2 aromatic rings. The molecule has 5 nitrogen and oxygen atoms in total. The Morgan fingerprint density at radius 2 is 1.96 bits per heavy atom. The van der Waals surface area contributed by atoms with Gasteiger partial charge in [-0.1, -0.05) is 6.07 Å². The van der Waals surface area contributed by atoms with Crippen LogP contribution < -0.4 is 5.73 Å². The van der Waals surface area contributed by atoms with Crippen LogP contribution in [0.25, 0.3) is 10.4 Å². The number of thiazole rings is 1. The first-order chi connectivity index (χ1) is 12.6. The fourth-order valence-corrected chi connectivity index (χ4v) is 4.56. The van der Waals surface area contributed by atoms with Gasteiger partial charge in [-0.25, -0.2) is 4.98 Å². The van der Waals surface area contributed by atoms with E-state index in [1.165, 1.54) is 11.3 Å². The lowest BCUT2D eigenvalue weighted by Crippen LogP contribution is -2.36. The predicted molar refractivity (Wildman–Crippen MR) is 108 cm³/mol. The van der Waals surface area contributed by atoms with Gasteiger partial charge in [0, 0.05) is 11.9 Å². The maximum atomic E-state index is 12.3. The van der Waals surface area contributed by atoms with Gasteiger partial charge in [0.05, 0.1) is 10.8 Å². The Bertz CT molecular complexity index is 810. The van der Waals surface area contributed by atoms with Crippen LogP contribution in [0.15, 0.2) is 24.4 Å². The molecule has 0 bridgehead atoms. The number of nitrogen functional groups attached to an aromatic ring is 1. The number of rotatable bonds is 3. The Morgan fingerprint density at radius 1 is 1.30 bits per heavy atom. The van der Waals surface area contributed by atoms with Gasteiger partial charge in [0.2, 0.25) is 0 Å². The molecule has 27 heavy (non-hydrogen) atoms. The number of aliphatic hydroxyl groups is 1. The fraction of sp³-hybridized carbons (Fsp3) is 0.524. The second-order valence-corrected chi connectivity index (χ2v) is 9.53. The minimum atomic E-state index is -0.975. The minimum absolute atomic E-state index is 0.152. The van der Waals surface area contributed by atoms with Crippen molar-refractivity contribution in [3.05, 3.63) is 35.0 Å². The molecule has 0 saturated heterocycles. The maximum Gasteiger partial charge on any atom is 0.309 e. The molecule has 146 valence electrons. The van der Waals surface area contributed by atoms with E-state index in [1.54, 1.807) is 6.20 Å². The average molecular weight is 389 g/mol. The summed E-state index contributed by atoms with van der Waals surface area (Å²) in [5, 5.41) is 11.8. The summed E-state index contributed by atoms with van der Waals surface area (Å²) in [6, 6.07) is 5.92. The van der Waals surface area contributed by atoms with Gasteiger partial charge in [0.25, 0.3) is 0 Å². The molecule has 0 amide bonds. The third kappa shape index (κ3) is 4.68. The third-order valence-corrected chi connectivity index (χ3v) is 6.08. The first kappa shape index (κ1) is 19.8. The van der Waals surface area contributed by atoms with Crippen LogP contribution in [0.5, 0.6) is 0 Å². The van der Waals surface area contributed by atoms with Crippen molar-refractivity contribution in [2.45, 2.75) is 64.6 Å². The summed E-state index contributed by atoms with van der Waals surface area (Å²) in [5.41, 5.74) is 7.32. The largest absolute Gasteiger partial charge is 0.460 e. The van der Waals surface area contributed by atoms with E-state index in [0.29, 0.717) is 30.7 Å². The van der Waals surface area contributed by atoms with E-state index in [0.717, 1.165) is 21.7 Å². The first-order valence-corrected chi connectivity index (χ1v) is 10.2. The summed E-state index contributed by atoms with van der Waals surface area (Å²) < 4.78 is 5.49. The highest BCUT2D eigenvalue weighted by Gasteiger charge is 2.40. The van der Waals surface area contributed by atoms with Gasteiger partial charge >= 0.3 is 5.97 Å². The van der Waals surface area contributed by atoms with Crippen LogP contribution >= 0.6 is 11.3 Å². The first-order valence-electron chi connectivity index (χ1n) is 9.35. The van der Waals surface area contributed by atoms with Crippen LogP contribution in [0.4, 0.5) is 5.69 Å². The molecule has 1 fully saturated rings. The summed E-state index contributed by atoms with van der Waals surface area (Å²) in [4.78, 5) is 17.8. The van der Waals surface area contributed by atoms with Gasteiger partial charge in [-0.15, -0.1) is 11.3 Å². The van der Waals surface area contributed by atoms with Crippen molar-refractivity contribution in [2.24, 2.45) is 5.92 Å². The van der Waals surface area contributed by atoms with E-state index in [1.807, 2.05) is 39.8 Å². The molecule has 0 spiro atoms. The predicted octanol–water partition coefficient (Wildman–Crippen LogP) is 4.42. The number of hydrogen-bond acceptors (Lipinski definition) is 6. The molecule has 0 unspecified atom stereocenters. The lowest BCUT2D eigenvalue weighted by Gasteiger charge is -2.34.